The number of halogens is 2. The van der Waals surface area contributed by atoms with Crippen LogP contribution in [0.2, 0.25) is 0 Å². The molecule has 0 aliphatic rings. The molecule has 2 atom stereocenters. The number of benzene rings is 2. The Hall–Kier alpha value is -3.47. The number of nitrogens with zero attached hydrogens (tertiary/aromatic N) is 3. The Kier molecular flexibility index (Phi) is 7.41. The van der Waals surface area contributed by atoms with E-state index in [-0.39, 0.29) is 30.1 Å². The number of rotatable bonds is 9. The van der Waals surface area contributed by atoms with Crippen molar-refractivity contribution in [2.45, 2.75) is 18.7 Å². The number of carbonyl (C=O) groups is 1. The largest absolute Gasteiger partial charge is 0.394 e. The fourth-order valence-corrected chi connectivity index (χ4v) is 4.53. The Bertz CT molecular complexity index is 1240. The van der Waals surface area contributed by atoms with Gasteiger partial charge in [0, 0.05) is 25.7 Å². The average Bonchev–Trinajstić information content (AvgIpc) is 3.52. The summed E-state index contributed by atoms with van der Waals surface area (Å²) in [4.78, 5) is 18.3. The molecule has 10 heteroatoms. The summed E-state index contributed by atoms with van der Waals surface area (Å²) < 4.78 is 35.2. The van der Waals surface area contributed by atoms with Crippen molar-refractivity contribution in [2.24, 2.45) is 0 Å². The summed E-state index contributed by atoms with van der Waals surface area (Å²) in [5.41, 5.74) is 0.894. The first kappa shape index (κ1) is 23.7. The van der Waals surface area contributed by atoms with E-state index in [2.05, 4.69) is 15.4 Å². The zero-order valence-electron chi connectivity index (χ0n) is 18.2. The summed E-state index contributed by atoms with van der Waals surface area (Å²) in [5.74, 6) is -1.49. The van der Waals surface area contributed by atoms with Crippen molar-refractivity contribution in [3.8, 4) is 21.0 Å². The highest BCUT2D eigenvalue weighted by molar-refractivity contribution is 7.18. The van der Waals surface area contributed by atoms with Gasteiger partial charge in [-0.15, -0.1) is 11.3 Å². The van der Waals surface area contributed by atoms with Crippen molar-refractivity contribution in [1.29, 1.82) is 0 Å². The number of methoxy groups -OCH3 is 1. The molecule has 0 saturated carbocycles. The minimum absolute atomic E-state index is 0.0640. The highest BCUT2D eigenvalue weighted by Gasteiger charge is 2.27. The van der Waals surface area contributed by atoms with Crippen molar-refractivity contribution in [3.05, 3.63) is 84.3 Å². The zero-order valence-corrected chi connectivity index (χ0v) is 19.0. The number of ether oxygens (including phenoxy) is 1. The first-order valence-electron chi connectivity index (χ1n) is 10.4. The Morgan fingerprint density at radius 2 is 2.00 bits per heavy atom. The van der Waals surface area contributed by atoms with E-state index < -0.39 is 23.9 Å². The highest BCUT2D eigenvalue weighted by Crippen LogP contribution is 2.35. The summed E-state index contributed by atoms with van der Waals surface area (Å²) in [6.45, 7) is -0.0827. The number of aliphatic hydroxyl groups excluding tert-OH is 1. The molecule has 2 heterocycles. The van der Waals surface area contributed by atoms with Crippen molar-refractivity contribution in [2.75, 3.05) is 13.7 Å². The van der Waals surface area contributed by atoms with E-state index in [0.717, 1.165) is 5.56 Å². The van der Waals surface area contributed by atoms with Gasteiger partial charge in [0.25, 0.3) is 5.91 Å². The Balaban J connectivity index is 1.64. The number of amides is 1. The van der Waals surface area contributed by atoms with E-state index in [0.29, 0.717) is 9.88 Å². The van der Waals surface area contributed by atoms with Crippen LogP contribution in [-0.4, -0.2) is 51.6 Å². The van der Waals surface area contributed by atoms with Gasteiger partial charge >= 0.3 is 0 Å². The van der Waals surface area contributed by atoms with E-state index in [4.69, 9.17) is 4.74 Å². The number of hydrogen-bond donors (Lipinski definition) is 2. The van der Waals surface area contributed by atoms with Gasteiger partial charge in [-0.25, -0.2) is 13.8 Å². The van der Waals surface area contributed by atoms with E-state index in [1.165, 1.54) is 48.8 Å². The summed E-state index contributed by atoms with van der Waals surface area (Å²) >= 11 is 1.20. The molecule has 0 bridgehead atoms. The molecule has 0 aliphatic heterocycles. The van der Waals surface area contributed by atoms with E-state index in [1.807, 2.05) is 0 Å². The van der Waals surface area contributed by atoms with Gasteiger partial charge in [0.05, 0.1) is 35.2 Å². The van der Waals surface area contributed by atoms with Gasteiger partial charge in [-0.3, -0.25) is 9.48 Å². The van der Waals surface area contributed by atoms with Crippen LogP contribution in [0, 0.1) is 11.6 Å². The van der Waals surface area contributed by atoms with E-state index in [1.54, 1.807) is 41.5 Å². The molecular formula is C24H22F2N4O3S. The standard InChI is InChI=1S/C24H22F2N4O3S/c1-33-20(14-31)19(13-30-11-3-10-28-30)29-23(32)17-4-2-5-18(26)22(17)24-27-12-21(34-24)15-6-8-16(25)9-7-15/h2-12,19-20,31H,13-14H2,1H3,(H,29,32)/t19-,20-/m1/s1. The second-order valence-corrected chi connectivity index (χ2v) is 8.49. The van der Waals surface area contributed by atoms with Gasteiger partial charge in [0.1, 0.15) is 22.7 Å². The molecule has 4 rings (SSSR count). The summed E-state index contributed by atoms with van der Waals surface area (Å²) in [7, 11) is 1.43. The van der Waals surface area contributed by atoms with Gasteiger partial charge in [-0.05, 0) is 35.9 Å². The third-order valence-electron chi connectivity index (χ3n) is 5.30. The minimum atomic E-state index is -0.699. The fourth-order valence-electron chi connectivity index (χ4n) is 3.55. The summed E-state index contributed by atoms with van der Waals surface area (Å²) in [6, 6.07) is 11.2. The molecule has 0 aliphatic carbocycles. The maximum absolute atomic E-state index is 15.0. The number of aliphatic hydroxyl groups is 1. The number of hydrogen-bond acceptors (Lipinski definition) is 6. The summed E-state index contributed by atoms with van der Waals surface area (Å²) in [5, 5.41) is 17.0. The molecule has 0 fully saturated rings. The lowest BCUT2D eigenvalue weighted by molar-refractivity contribution is 0.0167. The Morgan fingerprint density at radius 1 is 1.21 bits per heavy atom. The first-order chi connectivity index (χ1) is 16.5. The lowest BCUT2D eigenvalue weighted by atomic mass is 10.0. The van der Waals surface area contributed by atoms with Crippen LogP contribution in [0.1, 0.15) is 10.4 Å². The molecule has 176 valence electrons. The van der Waals surface area contributed by atoms with Crippen LogP contribution < -0.4 is 5.32 Å². The van der Waals surface area contributed by atoms with Crippen LogP contribution in [-0.2, 0) is 11.3 Å². The average molecular weight is 485 g/mol. The number of carbonyl (C=O) groups excluding carboxylic acids is 1. The molecule has 1 amide bonds. The van der Waals surface area contributed by atoms with Gasteiger partial charge < -0.3 is 15.2 Å². The summed E-state index contributed by atoms with van der Waals surface area (Å²) in [6.07, 6.45) is 4.19. The molecule has 7 nitrogen and oxygen atoms in total. The monoisotopic (exact) mass is 484 g/mol. The van der Waals surface area contributed by atoms with Crippen LogP contribution in [0.3, 0.4) is 0 Å². The van der Waals surface area contributed by atoms with Crippen molar-refractivity contribution < 1.29 is 23.4 Å². The van der Waals surface area contributed by atoms with Crippen molar-refractivity contribution >= 4 is 17.2 Å². The lowest BCUT2D eigenvalue weighted by Crippen LogP contribution is -2.48. The first-order valence-corrected chi connectivity index (χ1v) is 11.2. The normalized spacial score (nSPS) is 12.9. The quantitative estimate of drug-likeness (QED) is 0.378. The number of nitrogens with one attached hydrogen (secondary N) is 1. The minimum Gasteiger partial charge on any atom is -0.394 e. The van der Waals surface area contributed by atoms with Gasteiger partial charge in [0.2, 0.25) is 0 Å². The molecule has 0 saturated heterocycles. The van der Waals surface area contributed by atoms with Crippen LogP contribution >= 0.6 is 11.3 Å². The number of aromatic nitrogens is 3. The predicted molar refractivity (Wildman–Crippen MR) is 124 cm³/mol. The van der Waals surface area contributed by atoms with Crippen LogP contribution in [0.25, 0.3) is 21.0 Å². The highest BCUT2D eigenvalue weighted by atomic mass is 32.1. The molecule has 34 heavy (non-hydrogen) atoms. The zero-order chi connectivity index (χ0) is 24.1. The van der Waals surface area contributed by atoms with Gasteiger partial charge in [-0.1, -0.05) is 18.2 Å². The van der Waals surface area contributed by atoms with Gasteiger partial charge in [0.15, 0.2) is 0 Å². The Labute approximate surface area is 198 Å². The molecule has 2 aromatic carbocycles. The molecule has 2 N–H and O–H groups in total. The topological polar surface area (TPSA) is 89.3 Å². The van der Waals surface area contributed by atoms with Crippen LogP contribution in [0.5, 0.6) is 0 Å². The second kappa shape index (κ2) is 10.6. The van der Waals surface area contributed by atoms with E-state index in [9.17, 15) is 18.7 Å². The van der Waals surface area contributed by atoms with E-state index >= 15 is 0 Å². The fraction of sp³-hybridized carbons (Fsp3) is 0.208. The molecule has 0 unspecified atom stereocenters. The third kappa shape index (κ3) is 5.19. The molecule has 4 aromatic rings. The number of thiazole rings is 1. The Morgan fingerprint density at radius 3 is 2.68 bits per heavy atom. The molecular weight excluding hydrogens is 462 g/mol. The van der Waals surface area contributed by atoms with Gasteiger partial charge in [-0.2, -0.15) is 5.10 Å². The molecule has 2 aromatic heterocycles. The maximum atomic E-state index is 15.0. The molecule has 0 spiro atoms. The van der Waals surface area contributed by atoms with Crippen LogP contribution in [0.4, 0.5) is 8.78 Å². The van der Waals surface area contributed by atoms with Crippen molar-refractivity contribution in [3.63, 3.8) is 0 Å². The SMILES string of the molecule is CO[C@H](CO)[C@@H](Cn1cccn1)NC(=O)c1cccc(F)c1-c1ncc(-c2ccc(F)cc2)s1. The second-order valence-electron chi connectivity index (χ2n) is 7.46. The smallest absolute Gasteiger partial charge is 0.252 e. The van der Waals surface area contributed by atoms with Crippen LogP contribution in [0.15, 0.2) is 67.1 Å². The lowest BCUT2D eigenvalue weighted by Gasteiger charge is -2.26. The van der Waals surface area contributed by atoms with Crippen molar-refractivity contribution in [1.82, 2.24) is 20.1 Å². The molecule has 0 radical (unpaired) electrons. The predicted octanol–water partition coefficient (Wildman–Crippen LogP) is 3.76. The third-order valence-corrected chi connectivity index (χ3v) is 6.36. The maximum Gasteiger partial charge on any atom is 0.252 e.